The van der Waals surface area contributed by atoms with Crippen LogP contribution < -0.4 is 4.74 Å². The van der Waals surface area contributed by atoms with E-state index in [9.17, 15) is 17.6 Å². The Bertz CT molecular complexity index is 1160. The van der Waals surface area contributed by atoms with E-state index in [1.165, 1.54) is 16.4 Å². The topological polar surface area (TPSA) is 76.8 Å². The van der Waals surface area contributed by atoms with Crippen molar-refractivity contribution in [3.05, 3.63) is 84.1 Å². The molecule has 0 amide bonds. The van der Waals surface area contributed by atoms with E-state index in [0.717, 1.165) is 23.3 Å². The molecule has 0 radical (unpaired) electrons. The van der Waals surface area contributed by atoms with Crippen molar-refractivity contribution in [3.63, 3.8) is 0 Å². The first-order chi connectivity index (χ1) is 15.4. The van der Waals surface area contributed by atoms with Gasteiger partial charge in [-0.15, -0.1) is 0 Å². The summed E-state index contributed by atoms with van der Waals surface area (Å²) in [6.45, 7) is 0.671. The van der Waals surface area contributed by atoms with E-state index in [1.807, 2.05) is 30.3 Å². The summed E-state index contributed by atoms with van der Waals surface area (Å²) >= 11 is 0. The first-order valence-corrected chi connectivity index (χ1v) is 11.9. The van der Waals surface area contributed by atoms with E-state index in [4.69, 9.17) is 9.15 Å². The van der Waals surface area contributed by atoms with E-state index in [-0.39, 0.29) is 23.6 Å². The van der Waals surface area contributed by atoms with Crippen molar-refractivity contribution in [3.8, 4) is 5.75 Å². The van der Waals surface area contributed by atoms with Crippen molar-refractivity contribution < 1.29 is 26.8 Å². The number of hydrogen-bond donors (Lipinski definition) is 0. The van der Waals surface area contributed by atoms with Crippen LogP contribution in [0.1, 0.15) is 30.4 Å². The van der Waals surface area contributed by atoms with Crippen LogP contribution in [0.25, 0.3) is 0 Å². The fourth-order valence-corrected chi connectivity index (χ4v) is 5.54. The van der Waals surface area contributed by atoms with Crippen molar-refractivity contribution in [1.29, 1.82) is 0 Å². The van der Waals surface area contributed by atoms with Crippen LogP contribution in [0.5, 0.6) is 5.75 Å². The maximum Gasteiger partial charge on any atom is 0.243 e. The van der Waals surface area contributed by atoms with Gasteiger partial charge in [-0.05, 0) is 67.3 Å². The summed E-state index contributed by atoms with van der Waals surface area (Å²) in [5.74, 6) is 0.0735. The number of ether oxygens (including phenoxy) is 1. The van der Waals surface area contributed by atoms with Gasteiger partial charge in [-0.1, -0.05) is 12.1 Å². The van der Waals surface area contributed by atoms with E-state index in [2.05, 4.69) is 0 Å². The number of sulfonamides is 1. The van der Waals surface area contributed by atoms with Crippen molar-refractivity contribution in [1.82, 2.24) is 4.31 Å². The molecule has 0 saturated carbocycles. The molecule has 3 aromatic rings. The highest BCUT2D eigenvalue weighted by Crippen LogP contribution is 2.28. The molecule has 1 atom stereocenters. The molecule has 168 valence electrons. The Morgan fingerprint density at radius 2 is 1.94 bits per heavy atom. The SMILES string of the molecule is O=C(CCc1cccc(OCc2ccoc2)c1)[C@@H]1CCCN1S(=O)(=O)c1ccc(F)cc1. The van der Waals surface area contributed by atoms with Crippen LogP contribution in [-0.4, -0.2) is 31.1 Å². The molecule has 0 aliphatic carbocycles. The van der Waals surface area contributed by atoms with Crippen LogP contribution >= 0.6 is 0 Å². The summed E-state index contributed by atoms with van der Waals surface area (Å²) in [5.41, 5.74) is 1.86. The molecule has 1 aliphatic rings. The number of hydrogen-bond acceptors (Lipinski definition) is 5. The monoisotopic (exact) mass is 457 g/mol. The van der Waals surface area contributed by atoms with Gasteiger partial charge in [0.25, 0.3) is 0 Å². The first-order valence-electron chi connectivity index (χ1n) is 10.5. The standard InChI is InChI=1S/C24H24FNO5S/c25-20-7-9-22(10-8-20)32(28,29)26-13-2-5-23(26)24(27)11-6-18-3-1-4-21(15-18)31-17-19-12-14-30-16-19/h1,3-4,7-10,12,14-16,23H,2,5-6,11,13,17H2/t23-/m0/s1. The summed E-state index contributed by atoms with van der Waals surface area (Å²) in [5, 5.41) is 0. The number of furan rings is 1. The maximum absolute atomic E-state index is 13.2. The fraction of sp³-hybridized carbons (Fsp3) is 0.292. The number of carbonyl (C=O) groups is 1. The molecule has 0 N–H and O–H groups in total. The van der Waals surface area contributed by atoms with Crippen LogP contribution in [0.4, 0.5) is 4.39 Å². The van der Waals surface area contributed by atoms with Gasteiger partial charge in [0.15, 0.2) is 5.78 Å². The molecule has 1 fully saturated rings. The van der Waals surface area contributed by atoms with Gasteiger partial charge in [0.2, 0.25) is 10.0 Å². The molecule has 0 unspecified atom stereocenters. The van der Waals surface area contributed by atoms with Crippen LogP contribution in [-0.2, 0) is 27.8 Å². The lowest BCUT2D eigenvalue weighted by Gasteiger charge is -2.23. The number of benzene rings is 2. The number of aryl methyl sites for hydroxylation is 1. The molecule has 1 saturated heterocycles. The minimum absolute atomic E-state index is 0.000993. The molecule has 1 aromatic heterocycles. The average molecular weight is 458 g/mol. The molecule has 4 rings (SSSR count). The number of ketones is 1. The Hall–Kier alpha value is -2.97. The molecule has 2 heterocycles. The average Bonchev–Trinajstić information content (AvgIpc) is 3.49. The number of carbonyl (C=O) groups excluding carboxylic acids is 1. The van der Waals surface area contributed by atoms with Gasteiger partial charge in [-0.25, -0.2) is 12.8 Å². The molecule has 6 nitrogen and oxygen atoms in total. The van der Waals surface area contributed by atoms with Gasteiger partial charge in [0, 0.05) is 18.5 Å². The van der Waals surface area contributed by atoms with Crippen LogP contribution in [0.15, 0.2) is 76.4 Å². The minimum Gasteiger partial charge on any atom is -0.489 e. The third kappa shape index (κ3) is 5.08. The smallest absolute Gasteiger partial charge is 0.243 e. The maximum atomic E-state index is 13.2. The van der Waals surface area contributed by atoms with E-state index >= 15 is 0 Å². The Balaban J connectivity index is 1.38. The van der Waals surface area contributed by atoms with Gasteiger partial charge >= 0.3 is 0 Å². The summed E-state index contributed by atoms with van der Waals surface area (Å²) in [6, 6.07) is 13.3. The quantitative estimate of drug-likeness (QED) is 0.477. The lowest BCUT2D eigenvalue weighted by Crippen LogP contribution is -2.40. The zero-order valence-corrected chi connectivity index (χ0v) is 18.3. The van der Waals surface area contributed by atoms with Gasteiger partial charge in [-0.3, -0.25) is 4.79 Å². The van der Waals surface area contributed by atoms with Crippen molar-refractivity contribution >= 4 is 15.8 Å². The molecular weight excluding hydrogens is 433 g/mol. The molecular formula is C24H24FNO5S. The molecule has 0 bridgehead atoms. The Kier molecular flexibility index (Phi) is 6.72. The summed E-state index contributed by atoms with van der Waals surface area (Å²) < 4.78 is 51.2. The predicted octanol–water partition coefficient (Wildman–Crippen LogP) is 4.35. The van der Waals surface area contributed by atoms with Crippen molar-refractivity contribution in [2.45, 2.75) is 43.2 Å². The van der Waals surface area contributed by atoms with Gasteiger partial charge in [0.05, 0.1) is 23.5 Å². The van der Waals surface area contributed by atoms with Crippen LogP contribution in [0, 0.1) is 5.82 Å². The summed E-state index contributed by atoms with van der Waals surface area (Å²) in [7, 11) is -3.85. The Morgan fingerprint density at radius 1 is 1.12 bits per heavy atom. The Morgan fingerprint density at radius 3 is 2.69 bits per heavy atom. The second kappa shape index (κ2) is 9.67. The first kappa shape index (κ1) is 22.2. The number of Topliss-reactive ketones (excluding diaryl/α,β-unsaturated/α-hetero) is 1. The molecule has 0 spiro atoms. The number of nitrogens with zero attached hydrogens (tertiary/aromatic N) is 1. The predicted molar refractivity (Wildman–Crippen MR) is 116 cm³/mol. The molecule has 1 aliphatic heterocycles. The second-order valence-electron chi connectivity index (χ2n) is 7.76. The molecule has 8 heteroatoms. The van der Waals surface area contributed by atoms with E-state index in [0.29, 0.717) is 31.6 Å². The van der Waals surface area contributed by atoms with Crippen molar-refractivity contribution in [2.75, 3.05) is 6.54 Å². The Labute approximate surface area is 186 Å². The largest absolute Gasteiger partial charge is 0.489 e. The normalized spacial score (nSPS) is 16.8. The highest BCUT2D eigenvalue weighted by atomic mass is 32.2. The zero-order valence-electron chi connectivity index (χ0n) is 17.4. The zero-order chi connectivity index (χ0) is 22.6. The third-order valence-corrected chi connectivity index (χ3v) is 7.46. The van der Waals surface area contributed by atoms with E-state index in [1.54, 1.807) is 12.5 Å². The lowest BCUT2D eigenvalue weighted by molar-refractivity contribution is -0.122. The van der Waals surface area contributed by atoms with Crippen LogP contribution in [0.3, 0.4) is 0 Å². The number of halogens is 1. The highest BCUT2D eigenvalue weighted by Gasteiger charge is 2.38. The van der Waals surface area contributed by atoms with E-state index < -0.39 is 21.9 Å². The third-order valence-electron chi connectivity index (χ3n) is 5.54. The number of rotatable bonds is 9. The minimum atomic E-state index is -3.85. The summed E-state index contributed by atoms with van der Waals surface area (Å²) in [4.78, 5) is 12.9. The van der Waals surface area contributed by atoms with Crippen LogP contribution in [0.2, 0.25) is 0 Å². The van der Waals surface area contributed by atoms with Gasteiger partial charge < -0.3 is 9.15 Å². The fourth-order valence-electron chi connectivity index (χ4n) is 3.86. The highest BCUT2D eigenvalue weighted by molar-refractivity contribution is 7.89. The van der Waals surface area contributed by atoms with Gasteiger partial charge in [-0.2, -0.15) is 4.31 Å². The summed E-state index contributed by atoms with van der Waals surface area (Å²) in [6.07, 6.45) is 5.04. The molecule has 32 heavy (non-hydrogen) atoms. The lowest BCUT2D eigenvalue weighted by atomic mass is 10.0. The second-order valence-corrected chi connectivity index (χ2v) is 9.65. The van der Waals surface area contributed by atoms with Crippen molar-refractivity contribution in [2.24, 2.45) is 0 Å². The van der Waals surface area contributed by atoms with Gasteiger partial charge in [0.1, 0.15) is 18.2 Å². The molecule has 2 aromatic carbocycles.